The molecule has 0 saturated carbocycles. The van der Waals surface area contributed by atoms with Crippen LogP contribution in [0.1, 0.15) is 40.0 Å². The average molecular weight is 138 g/mol. The van der Waals surface area contributed by atoms with Crippen molar-refractivity contribution in [3.8, 4) is 0 Å². The van der Waals surface area contributed by atoms with Gasteiger partial charge in [-0.25, -0.2) is 0 Å². The predicted octanol–water partition coefficient (Wildman–Crippen LogP) is 3.39. The molecule has 0 aromatic rings. The van der Waals surface area contributed by atoms with Crippen LogP contribution in [0.4, 0.5) is 0 Å². The maximum Gasteiger partial charge on any atom is -0.0317 e. The summed E-state index contributed by atoms with van der Waals surface area (Å²) in [5.74, 6) is 1.84. The van der Waals surface area contributed by atoms with E-state index in [4.69, 9.17) is 0 Å². The summed E-state index contributed by atoms with van der Waals surface area (Å²) in [5.41, 5.74) is 1.59. The standard InChI is InChI=1S/C10H18/c1-8(2)10-6-4-9(3)5-7-10/h4,8,10H,5-7H2,1-3H3. The summed E-state index contributed by atoms with van der Waals surface area (Å²) < 4.78 is 0. The maximum atomic E-state index is 2.41. The molecule has 1 atom stereocenters. The van der Waals surface area contributed by atoms with E-state index in [2.05, 4.69) is 26.8 Å². The molecule has 0 aromatic carbocycles. The maximum absolute atomic E-state index is 2.41. The van der Waals surface area contributed by atoms with Crippen molar-refractivity contribution in [1.29, 1.82) is 0 Å². The van der Waals surface area contributed by atoms with Crippen LogP contribution in [-0.2, 0) is 0 Å². The summed E-state index contributed by atoms with van der Waals surface area (Å²) in [7, 11) is 0. The molecule has 58 valence electrons. The molecule has 0 radical (unpaired) electrons. The van der Waals surface area contributed by atoms with Gasteiger partial charge in [0.05, 0.1) is 0 Å². The molecule has 0 aromatic heterocycles. The molecule has 10 heavy (non-hydrogen) atoms. The van der Waals surface area contributed by atoms with Crippen LogP contribution in [0.15, 0.2) is 11.6 Å². The van der Waals surface area contributed by atoms with Gasteiger partial charge < -0.3 is 0 Å². The molecular weight excluding hydrogens is 120 g/mol. The van der Waals surface area contributed by atoms with E-state index >= 15 is 0 Å². The van der Waals surface area contributed by atoms with Gasteiger partial charge in [-0.2, -0.15) is 0 Å². The van der Waals surface area contributed by atoms with Crippen LogP contribution < -0.4 is 0 Å². The summed E-state index contributed by atoms with van der Waals surface area (Å²) in [4.78, 5) is 0. The Morgan fingerprint density at radius 1 is 1.50 bits per heavy atom. The highest BCUT2D eigenvalue weighted by molar-refractivity contribution is 5.03. The van der Waals surface area contributed by atoms with Crippen molar-refractivity contribution in [3.63, 3.8) is 0 Å². The van der Waals surface area contributed by atoms with E-state index in [1.165, 1.54) is 19.3 Å². The molecule has 0 aliphatic heterocycles. The van der Waals surface area contributed by atoms with Crippen LogP contribution in [-0.4, -0.2) is 0 Å². The van der Waals surface area contributed by atoms with Gasteiger partial charge in [0, 0.05) is 0 Å². The molecule has 1 aliphatic rings. The lowest BCUT2D eigenvalue weighted by Crippen LogP contribution is -2.10. The lowest BCUT2D eigenvalue weighted by molar-refractivity contribution is 0.350. The fourth-order valence-electron chi connectivity index (χ4n) is 1.59. The number of allylic oxidation sites excluding steroid dienone is 2. The van der Waals surface area contributed by atoms with E-state index in [9.17, 15) is 0 Å². The predicted molar refractivity (Wildman–Crippen MR) is 45.9 cm³/mol. The fourth-order valence-corrected chi connectivity index (χ4v) is 1.59. The van der Waals surface area contributed by atoms with Crippen LogP contribution in [0, 0.1) is 11.8 Å². The lowest BCUT2D eigenvalue weighted by Gasteiger charge is -2.23. The second-order valence-corrected chi connectivity index (χ2v) is 3.83. The first kappa shape index (κ1) is 7.84. The molecule has 1 rings (SSSR count). The number of hydrogen-bond donors (Lipinski definition) is 0. The van der Waals surface area contributed by atoms with E-state index in [1.807, 2.05) is 0 Å². The minimum atomic E-state index is 0.879. The Labute approximate surface area is 64.3 Å². The molecule has 0 saturated heterocycles. The second kappa shape index (κ2) is 3.23. The summed E-state index contributed by atoms with van der Waals surface area (Å²) in [6.45, 7) is 6.91. The largest absolute Gasteiger partial charge is 0.0853 e. The lowest BCUT2D eigenvalue weighted by atomic mass is 9.83. The Bertz CT molecular complexity index is 131. The van der Waals surface area contributed by atoms with Crippen molar-refractivity contribution >= 4 is 0 Å². The second-order valence-electron chi connectivity index (χ2n) is 3.83. The Morgan fingerprint density at radius 2 is 2.20 bits per heavy atom. The van der Waals surface area contributed by atoms with Crippen LogP contribution in [0.25, 0.3) is 0 Å². The highest BCUT2D eigenvalue weighted by Crippen LogP contribution is 2.28. The Kier molecular flexibility index (Phi) is 2.53. The fraction of sp³-hybridized carbons (Fsp3) is 0.800. The Hall–Kier alpha value is -0.260. The van der Waals surface area contributed by atoms with Crippen molar-refractivity contribution in [3.05, 3.63) is 11.6 Å². The van der Waals surface area contributed by atoms with Gasteiger partial charge in [-0.1, -0.05) is 25.5 Å². The van der Waals surface area contributed by atoms with Crippen LogP contribution in [0.2, 0.25) is 0 Å². The summed E-state index contributed by atoms with van der Waals surface area (Å²) >= 11 is 0. The molecule has 0 N–H and O–H groups in total. The Balaban J connectivity index is 2.42. The number of hydrogen-bond acceptors (Lipinski definition) is 0. The molecule has 0 spiro atoms. The summed E-state index contributed by atoms with van der Waals surface area (Å²) in [5, 5.41) is 0. The highest BCUT2D eigenvalue weighted by atomic mass is 14.2. The first-order valence-electron chi connectivity index (χ1n) is 4.36. The van der Waals surface area contributed by atoms with Crippen LogP contribution in [0.5, 0.6) is 0 Å². The van der Waals surface area contributed by atoms with Crippen molar-refractivity contribution in [2.45, 2.75) is 40.0 Å². The molecular formula is C10H18. The van der Waals surface area contributed by atoms with Gasteiger partial charge in [-0.05, 0) is 38.0 Å². The third kappa shape index (κ3) is 1.86. The summed E-state index contributed by atoms with van der Waals surface area (Å²) in [6.07, 6.45) is 6.49. The van der Waals surface area contributed by atoms with Gasteiger partial charge in [0.1, 0.15) is 0 Å². The van der Waals surface area contributed by atoms with E-state index < -0.39 is 0 Å². The SMILES string of the molecule is CC1=CCC(C(C)C)CC1. The third-order valence-corrected chi connectivity index (χ3v) is 2.62. The van der Waals surface area contributed by atoms with Crippen molar-refractivity contribution in [2.24, 2.45) is 11.8 Å². The zero-order chi connectivity index (χ0) is 7.56. The van der Waals surface area contributed by atoms with Gasteiger partial charge in [0.25, 0.3) is 0 Å². The molecule has 0 amide bonds. The van der Waals surface area contributed by atoms with Crippen molar-refractivity contribution in [1.82, 2.24) is 0 Å². The van der Waals surface area contributed by atoms with Crippen LogP contribution in [0.3, 0.4) is 0 Å². The van der Waals surface area contributed by atoms with Gasteiger partial charge >= 0.3 is 0 Å². The zero-order valence-electron chi connectivity index (χ0n) is 7.35. The summed E-state index contributed by atoms with van der Waals surface area (Å²) in [6, 6.07) is 0. The quantitative estimate of drug-likeness (QED) is 0.487. The first-order chi connectivity index (χ1) is 4.70. The van der Waals surface area contributed by atoms with Gasteiger partial charge in [0.2, 0.25) is 0 Å². The minimum absolute atomic E-state index is 0.879. The first-order valence-corrected chi connectivity index (χ1v) is 4.36. The minimum Gasteiger partial charge on any atom is -0.0853 e. The topological polar surface area (TPSA) is 0 Å². The van der Waals surface area contributed by atoms with E-state index in [0.717, 1.165) is 11.8 Å². The Morgan fingerprint density at radius 3 is 2.60 bits per heavy atom. The van der Waals surface area contributed by atoms with Gasteiger partial charge in [0.15, 0.2) is 0 Å². The normalized spacial score (nSPS) is 26.8. The van der Waals surface area contributed by atoms with Crippen molar-refractivity contribution in [2.75, 3.05) is 0 Å². The van der Waals surface area contributed by atoms with E-state index in [-0.39, 0.29) is 0 Å². The molecule has 0 heteroatoms. The van der Waals surface area contributed by atoms with Crippen molar-refractivity contribution < 1.29 is 0 Å². The van der Waals surface area contributed by atoms with E-state index in [0.29, 0.717) is 0 Å². The zero-order valence-corrected chi connectivity index (χ0v) is 7.35. The van der Waals surface area contributed by atoms with E-state index in [1.54, 1.807) is 5.57 Å². The molecule has 0 bridgehead atoms. The molecule has 0 nitrogen and oxygen atoms in total. The smallest absolute Gasteiger partial charge is 0.0317 e. The molecule has 0 heterocycles. The third-order valence-electron chi connectivity index (χ3n) is 2.62. The van der Waals surface area contributed by atoms with Crippen LogP contribution >= 0.6 is 0 Å². The molecule has 0 fully saturated rings. The van der Waals surface area contributed by atoms with Gasteiger partial charge in [-0.15, -0.1) is 0 Å². The number of rotatable bonds is 1. The average Bonchev–Trinajstić information content (AvgIpc) is 1.88. The monoisotopic (exact) mass is 138 g/mol. The molecule has 1 aliphatic carbocycles. The van der Waals surface area contributed by atoms with Gasteiger partial charge in [-0.3, -0.25) is 0 Å². The highest BCUT2D eigenvalue weighted by Gasteiger charge is 2.14. The molecule has 1 unspecified atom stereocenters.